The minimum absolute atomic E-state index is 0.362. The molecule has 1 aliphatic heterocycles. The van der Waals surface area contributed by atoms with E-state index in [1.54, 1.807) is 24.3 Å². The molecule has 0 N–H and O–H groups in total. The van der Waals surface area contributed by atoms with Crippen molar-refractivity contribution in [1.29, 1.82) is 0 Å². The van der Waals surface area contributed by atoms with Crippen LogP contribution in [0, 0.1) is 0 Å². The van der Waals surface area contributed by atoms with Gasteiger partial charge in [-0.25, -0.2) is 0 Å². The molecule has 0 unspecified atom stereocenters. The lowest BCUT2D eigenvalue weighted by Crippen LogP contribution is -2.44. The number of hydrogen-bond donors (Lipinski definition) is 0. The Morgan fingerprint density at radius 1 is 1.00 bits per heavy atom. The number of hydrogen-bond acceptors (Lipinski definition) is 4. The molecule has 152 valence electrons. The number of benzene rings is 1. The van der Waals surface area contributed by atoms with Crippen LogP contribution >= 0.6 is 0 Å². The lowest BCUT2D eigenvalue weighted by atomic mass is 10.2. The molecule has 0 amide bonds. The first-order valence-corrected chi connectivity index (χ1v) is 9.27. The van der Waals surface area contributed by atoms with E-state index in [0.29, 0.717) is 18.0 Å². The highest BCUT2D eigenvalue weighted by Crippen LogP contribution is 2.28. The highest BCUT2D eigenvalue weighted by Gasteiger charge is 2.31. The van der Waals surface area contributed by atoms with Gasteiger partial charge in [0.1, 0.15) is 5.75 Å². The fourth-order valence-corrected chi connectivity index (χ4v) is 3.11. The monoisotopic (exact) mass is 395 g/mol. The molecule has 0 aliphatic carbocycles. The van der Waals surface area contributed by atoms with E-state index in [-0.39, 0.29) is 0 Å². The first kappa shape index (κ1) is 20.4. The third-order valence-corrected chi connectivity index (χ3v) is 4.84. The summed E-state index contributed by atoms with van der Waals surface area (Å²) in [6.07, 6.45) is -2.78. The second-order valence-electron chi connectivity index (χ2n) is 6.96. The predicted octanol–water partition coefficient (Wildman–Crippen LogP) is 2.87. The highest BCUT2D eigenvalue weighted by molar-refractivity contribution is 5.38. The van der Waals surface area contributed by atoms with Crippen LogP contribution in [0.25, 0.3) is 5.69 Å². The third kappa shape index (κ3) is 5.36. The van der Waals surface area contributed by atoms with Crippen molar-refractivity contribution in [2.75, 3.05) is 46.4 Å². The van der Waals surface area contributed by atoms with E-state index in [2.05, 4.69) is 16.8 Å². The second-order valence-corrected chi connectivity index (χ2v) is 6.96. The Hall–Kier alpha value is -2.32. The highest BCUT2D eigenvalue weighted by atomic mass is 19.4. The molecule has 8 heteroatoms. The molecule has 0 radical (unpaired) electrons. The predicted molar refractivity (Wildman–Crippen MR) is 101 cm³/mol. The fraction of sp³-hybridized carbons (Fsp3) is 0.450. The maximum absolute atomic E-state index is 12.9. The van der Waals surface area contributed by atoms with E-state index >= 15 is 0 Å². The van der Waals surface area contributed by atoms with Crippen molar-refractivity contribution < 1.29 is 17.9 Å². The molecule has 2 heterocycles. The van der Waals surface area contributed by atoms with Crippen LogP contribution in [0.1, 0.15) is 12.0 Å². The number of nitrogens with zero attached hydrogens (tertiary/aromatic N) is 3. The first-order valence-electron chi connectivity index (χ1n) is 9.27. The van der Waals surface area contributed by atoms with Crippen molar-refractivity contribution in [2.24, 2.45) is 0 Å². The summed E-state index contributed by atoms with van der Waals surface area (Å²) in [5.41, 5.74) is -1.02. The molecule has 1 fully saturated rings. The zero-order valence-electron chi connectivity index (χ0n) is 15.8. The zero-order valence-corrected chi connectivity index (χ0v) is 15.8. The van der Waals surface area contributed by atoms with Gasteiger partial charge in [0.05, 0.1) is 12.2 Å². The Morgan fingerprint density at radius 3 is 2.32 bits per heavy atom. The summed E-state index contributed by atoms with van der Waals surface area (Å²) in [5, 5.41) is 0. The number of aromatic nitrogens is 1. The summed E-state index contributed by atoms with van der Waals surface area (Å²) < 4.78 is 45.3. The first-order chi connectivity index (χ1) is 13.3. The van der Waals surface area contributed by atoms with Gasteiger partial charge in [0.25, 0.3) is 5.56 Å². The molecule has 0 bridgehead atoms. The smallest absolute Gasteiger partial charge is 0.417 e. The fourth-order valence-electron chi connectivity index (χ4n) is 3.11. The number of rotatable bonds is 6. The van der Waals surface area contributed by atoms with E-state index in [4.69, 9.17) is 4.74 Å². The molecule has 2 aromatic rings. The Balaban J connectivity index is 1.55. The molecule has 28 heavy (non-hydrogen) atoms. The van der Waals surface area contributed by atoms with Crippen LogP contribution < -0.4 is 10.3 Å². The van der Waals surface area contributed by atoms with Gasteiger partial charge in [-0.15, -0.1) is 0 Å². The van der Waals surface area contributed by atoms with Crippen molar-refractivity contribution >= 4 is 0 Å². The van der Waals surface area contributed by atoms with Gasteiger partial charge in [0.15, 0.2) is 0 Å². The topological polar surface area (TPSA) is 37.7 Å². The molecule has 0 saturated carbocycles. The summed E-state index contributed by atoms with van der Waals surface area (Å²) >= 11 is 0. The minimum atomic E-state index is -4.50. The third-order valence-electron chi connectivity index (χ3n) is 4.84. The Kier molecular flexibility index (Phi) is 6.41. The molecule has 1 aliphatic rings. The van der Waals surface area contributed by atoms with E-state index < -0.39 is 17.3 Å². The molecule has 3 rings (SSSR count). The van der Waals surface area contributed by atoms with E-state index in [9.17, 15) is 18.0 Å². The molecular weight excluding hydrogens is 371 g/mol. The quantitative estimate of drug-likeness (QED) is 0.705. The van der Waals surface area contributed by atoms with Crippen LogP contribution in [0.5, 0.6) is 5.75 Å². The molecule has 0 atom stereocenters. The average Bonchev–Trinajstić information content (AvgIpc) is 2.67. The van der Waals surface area contributed by atoms with Gasteiger partial charge in [-0.1, -0.05) is 0 Å². The van der Waals surface area contributed by atoms with Crippen LogP contribution in [-0.4, -0.2) is 60.7 Å². The van der Waals surface area contributed by atoms with Crippen molar-refractivity contribution in [3.63, 3.8) is 0 Å². The number of alkyl halides is 3. The van der Waals surface area contributed by atoms with Crippen molar-refractivity contribution in [2.45, 2.75) is 12.6 Å². The van der Waals surface area contributed by atoms with Crippen molar-refractivity contribution in [1.82, 2.24) is 14.4 Å². The summed E-state index contributed by atoms with van der Waals surface area (Å²) in [4.78, 5) is 16.6. The van der Waals surface area contributed by atoms with Crippen molar-refractivity contribution in [3.05, 3.63) is 58.5 Å². The Bertz CT molecular complexity index is 826. The van der Waals surface area contributed by atoms with Gasteiger partial charge in [-0.2, -0.15) is 13.2 Å². The lowest BCUT2D eigenvalue weighted by molar-refractivity contribution is -0.138. The number of piperazine rings is 1. The van der Waals surface area contributed by atoms with Crippen LogP contribution in [0.2, 0.25) is 0 Å². The van der Waals surface area contributed by atoms with Gasteiger partial charge in [-0.3, -0.25) is 9.36 Å². The molecule has 1 saturated heterocycles. The second kappa shape index (κ2) is 8.79. The SMILES string of the molecule is CN1CCN(CCCOc2ccc(-n3cc(C(F)(F)F)ccc3=O)cc2)CC1. The van der Waals surface area contributed by atoms with Gasteiger partial charge in [0.2, 0.25) is 0 Å². The number of likely N-dealkylation sites (N-methyl/N-ethyl adjacent to an activating group) is 1. The van der Waals surface area contributed by atoms with E-state index in [1.807, 2.05) is 0 Å². The molecule has 1 aromatic carbocycles. The molecule has 0 spiro atoms. The van der Waals surface area contributed by atoms with E-state index in [1.165, 1.54) is 0 Å². The average molecular weight is 395 g/mol. The molecule has 5 nitrogen and oxygen atoms in total. The number of ether oxygens (including phenoxy) is 1. The van der Waals surface area contributed by atoms with Crippen molar-refractivity contribution in [3.8, 4) is 11.4 Å². The lowest BCUT2D eigenvalue weighted by Gasteiger charge is -2.32. The van der Waals surface area contributed by atoms with E-state index in [0.717, 1.165) is 62.0 Å². The molecule has 1 aromatic heterocycles. The van der Waals surface area contributed by atoms with Gasteiger partial charge >= 0.3 is 6.18 Å². The molecular formula is C20H24F3N3O2. The Labute approximate surface area is 161 Å². The van der Waals surface area contributed by atoms with Gasteiger partial charge in [0, 0.05) is 50.7 Å². The summed E-state index contributed by atoms with van der Waals surface area (Å²) in [6.45, 7) is 5.84. The van der Waals surface area contributed by atoms with Crippen LogP contribution in [0.4, 0.5) is 13.2 Å². The van der Waals surface area contributed by atoms with Crippen LogP contribution in [0.15, 0.2) is 47.4 Å². The van der Waals surface area contributed by atoms with Crippen LogP contribution in [-0.2, 0) is 6.18 Å². The maximum atomic E-state index is 12.9. The van der Waals surface area contributed by atoms with Gasteiger partial charge < -0.3 is 14.5 Å². The van der Waals surface area contributed by atoms with Crippen LogP contribution in [0.3, 0.4) is 0 Å². The van der Waals surface area contributed by atoms with Gasteiger partial charge in [-0.05, 0) is 43.8 Å². The normalized spacial score (nSPS) is 16.3. The summed E-state index contributed by atoms with van der Waals surface area (Å²) in [6, 6.07) is 8.20. The standard InChI is InChI=1S/C20H24F3N3O2/c1-24-10-12-25(13-11-24)9-2-14-28-18-6-4-17(5-7-18)26-15-16(20(21,22)23)3-8-19(26)27/h3-8,15H,2,9-14H2,1H3. The number of halogens is 3. The Morgan fingerprint density at radius 2 is 1.68 bits per heavy atom. The number of pyridine rings is 1. The minimum Gasteiger partial charge on any atom is -0.494 e. The largest absolute Gasteiger partial charge is 0.494 e. The zero-order chi connectivity index (χ0) is 20.1. The summed E-state index contributed by atoms with van der Waals surface area (Å²) in [7, 11) is 2.12. The summed E-state index contributed by atoms with van der Waals surface area (Å²) in [5.74, 6) is 0.627. The maximum Gasteiger partial charge on any atom is 0.417 e.